The molecule has 0 aromatic heterocycles. The Balaban J connectivity index is 2.84. The molecule has 0 saturated carbocycles. The molecule has 1 aromatic rings. The van der Waals surface area contributed by atoms with E-state index in [1.165, 1.54) is 7.11 Å². The first-order valence-electron chi connectivity index (χ1n) is 5.75. The number of halogens is 1. The van der Waals surface area contributed by atoms with E-state index in [1.54, 1.807) is 38.1 Å². The normalized spacial score (nSPS) is 16.2. The van der Waals surface area contributed by atoms with Gasteiger partial charge in [-0.05, 0) is 19.1 Å². The highest BCUT2D eigenvalue weighted by Gasteiger charge is 2.27. The summed E-state index contributed by atoms with van der Waals surface area (Å²) in [7, 11) is -1.62. The number of rotatable bonds is 7. The lowest BCUT2D eigenvalue weighted by Crippen LogP contribution is -2.08. The molecule has 1 rings (SSSR count). The third kappa shape index (κ3) is 4.38. The first-order chi connectivity index (χ1) is 8.54. The Morgan fingerprint density at radius 3 is 2.33 bits per heavy atom. The van der Waals surface area contributed by atoms with Crippen LogP contribution in [0.3, 0.4) is 0 Å². The highest BCUT2D eigenvalue weighted by atomic mass is 35.5. The number of hydrogen-bond donors (Lipinski definition) is 0. The molecule has 4 nitrogen and oxygen atoms in total. The third-order valence-electron chi connectivity index (χ3n) is 2.33. The van der Waals surface area contributed by atoms with Crippen molar-refractivity contribution in [3.63, 3.8) is 0 Å². The van der Waals surface area contributed by atoms with Crippen LogP contribution in [0.2, 0.25) is 5.02 Å². The van der Waals surface area contributed by atoms with Crippen LogP contribution in [0.15, 0.2) is 24.3 Å². The Hall–Kier alpha value is -0.380. The average molecular weight is 293 g/mol. The van der Waals surface area contributed by atoms with E-state index >= 15 is 0 Å². The topological polar surface area (TPSA) is 44.8 Å². The smallest absolute Gasteiger partial charge is 0.332 e. The molecule has 0 bridgehead atoms. The van der Waals surface area contributed by atoms with E-state index in [1.807, 2.05) is 0 Å². The molecule has 18 heavy (non-hydrogen) atoms. The molecule has 0 amide bonds. The molecule has 0 saturated heterocycles. The average Bonchev–Trinajstić information content (AvgIpc) is 2.37. The molecular weight excluding hydrogens is 275 g/mol. The summed E-state index contributed by atoms with van der Waals surface area (Å²) in [4.78, 5) is 0. The molecule has 0 radical (unpaired) electrons. The summed E-state index contributed by atoms with van der Waals surface area (Å²) >= 11 is 5.81. The van der Waals surface area contributed by atoms with E-state index in [-0.39, 0.29) is 0 Å². The van der Waals surface area contributed by atoms with Crippen LogP contribution in [-0.2, 0) is 18.3 Å². The second-order valence-electron chi connectivity index (χ2n) is 3.57. The lowest BCUT2D eigenvalue weighted by Gasteiger charge is -2.22. The van der Waals surface area contributed by atoms with Gasteiger partial charge >= 0.3 is 7.60 Å². The largest absolute Gasteiger partial charge is 0.351 e. The fourth-order valence-electron chi connectivity index (χ4n) is 1.40. The lowest BCUT2D eigenvalue weighted by atomic mass is 10.2. The van der Waals surface area contributed by atoms with Gasteiger partial charge < -0.3 is 9.26 Å². The van der Waals surface area contributed by atoms with E-state index < -0.39 is 13.9 Å². The molecule has 0 spiro atoms. The van der Waals surface area contributed by atoms with Gasteiger partial charge in [0.05, 0.1) is 6.61 Å². The SMILES string of the molecule is CCOP(=O)(CC)OC(OC)c1ccc(Cl)cc1. The molecule has 2 atom stereocenters. The fourth-order valence-corrected chi connectivity index (χ4v) is 2.81. The molecule has 6 heteroatoms. The van der Waals surface area contributed by atoms with E-state index in [0.29, 0.717) is 17.8 Å². The zero-order valence-electron chi connectivity index (χ0n) is 10.8. The van der Waals surface area contributed by atoms with E-state index in [0.717, 1.165) is 5.56 Å². The zero-order chi connectivity index (χ0) is 13.6. The van der Waals surface area contributed by atoms with Gasteiger partial charge in [0, 0.05) is 23.9 Å². The maximum atomic E-state index is 12.2. The summed E-state index contributed by atoms with van der Waals surface area (Å²) < 4.78 is 28.1. The van der Waals surface area contributed by atoms with Crippen LogP contribution in [0.1, 0.15) is 25.7 Å². The van der Waals surface area contributed by atoms with Gasteiger partial charge in [0.2, 0.25) is 0 Å². The minimum atomic E-state index is -3.11. The monoisotopic (exact) mass is 292 g/mol. The molecule has 1 aromatic carbocycles. The minimum Gasteiger partial charge on any atom is -0.351 e. The standard InChI is InChI=1S/C12H18ClO4P/c1-4-16-18(14,5-2)17-12(15-3)10-6-8-11(13)9-7-10/h6-9,12H,4-5H2,1-3H3. The Morgan fingerprint density at radius 1 is 1.28 bits per heavy atom. The van der Waals surface area contributed by atoms with Crippen molar-refractivity contribution in [2.45, 2.75) is 20.1 Å². The highest BCUT2D eigenvalue weighted by Crippen LogP contribution is 2.51. The highest BCUT2D eigenvalue weighted by molar-refractivity contribution is 7.53. The third-order valence-corrected chi connectivity index (χ3v) is 4.52. The molecule has 0 aliphatic rings. The van der Waals surface area contributed by atoms with Crippen molar-refractivity contribution in [2.75, 3.05) is 19.9 Å². The Bertz CT molecular complexity index is 407. The summed E-state index contributed by atoms with van der Waals surface area (Å²) in [5.74, 6) is 0. The quantitative estimate of drug-likeness (QED) is 0.556. The van der Waals surface area contributed by atoms with Crippen LogP contribution in [0, 0.1) is 0 Å². The van der Waals surface area contributed by atoms with Crippen molar-refractivity contribution < 1.29 is 18.3 Å². The fraction of sp³-hybridized carbons (Fsp3) is 0.500. The van der Waals surface area contributed by atoms with Crippen LogP contribution in [0.4, 0.5) is 0 Å². The van der Waals surface area contributed by atoms with Crippen LogP contribution < -0.4 is 0 Å². The molecule has 0 heterocycles. The summed E-state index contributed by atoms with van der Waals surface area (Å²) in [6.07, 6.45) is -0.423. The number of benzene rings is 1. The van der Waals surface area contributed by atoms with Gasteiger partial charge in [-0.3, -0.25) is 9.09 Å². The summed E-state index contributed by atoms with van der Waals surface area (Å²) in [5, 5.41) is 0.622. The van der Waals surface area contributed by atoms with Crippen molar-refractivity contribution in [1.29, 1.82) is 0 Å². The van der Waals surface area contributed by atoms with Gasteiger partial charge in [0.25, 0.3) is 0 Å². The van der Waals surface area contributed by atoms with E-state index in [9.17, 15) is 4.57 Å². The van der Waals surface area contributed by atoms with Gasteiger partial charge in [-0.2, -0.15) is 0 Å². The second-order valence-corrected chi connectivity index (χ2v) is 6.33. The van der Waals surface area contributed by atoms with Crippen LogP contribution in [0.25, 0.3) is 0 Å². The molecular formula is C12H18ClO4P. The summed E-state index contributed by atoms with van der Waals surface area (Å²) in [6, 6.07) is 6.98. The van der Waals surface area contributed by atoms with Crippen LogP contribution >= 0.6 is 19.2 Å². The predicted octanol–water partition coefficient (Wildman–Crippen LogP) is 4.25. The van der Waals surface area contributed by atoms with Crippen LogP contribution in [0.5, 0.6) is 0 Å². The van der Waals surface area contributed by atoms with Crippen molar-refractivity contribution in [1.82, 2.24) is 0 Å². The number of ether oxygens (including phenoxy) is 1. The van der Waals surface area contributed by atoms with Gasteiger partial charge in [-0.25, -0.2) is 0 Å². The van der Waals surface area contributed by atoms with Crippen molar-refractivity contribution in [3.05, 3.63) is 34.9 Å². The molecule has 2 unspecified atom stereocenters. The molecule has 0 aliphatic heterocycles. The lowest BCUT2D eigenvalue weighted by molar-refractivity contribution is -0.0644. The number of methoxy groups -OCH3 is 1. The van der Waals surface area contributed by atoms with Crippen molar-refractivity contribution in [2.24, 2.45) is 0 Å². The van der Waals surface area contributed by atoms with Gasteiger partial charge in [0.15, 0.2) is 6.29 Å². The minimum absolute atomic E-state index is 0.300. The molecule has 0 N–H and O–H groups in total. The second kappa shape index (κ2) is 7.27. The maximum absolute atomic E-state index is 12.2. The maximum Gasteiger partial charge on any atom is 0.332 e. The number of hydrogen-bond acceptors (Lipinski definition) is 4. The predicted molar refractivity (Wildman–Crippen MR) is 72.1 cm³/mol. The Morgan fingerprint density at radius 2 is 1.89 bits per heavy atom. The van der Waals surface area contributed by atoms with Crippen LogP contribution in [-0.4, -0.2) is 19.9 Å². The first kappa shape index (κ1) is 15.7. The Kier molecular flexibility index (Phi) is 6.33. The first-order valence-corrected chi connectivity index (χ1v) is 7.85. The Labute approximate surface area is 113 Å². The van der Waals surface area contributed by atoms with Gasteiger partial charge in [-0.15, -0.1) is 0 Å². The van der Waals surface area contributed by atoms with Gasteiger partial charge in [0.1, 0.15) is 0 Å². The summed E-state index contributed by atoms with van der Waals surface area (Å²) in [6.45, 7) is 3.86. The van der Waals surface area contributed by atoms with E-state index in [2.05, 4.69) is 0 Å². The summed E-state index contributed by atoms with van der Waals surface area (Å²) in [5.41, 5.74) is 0.746. The molecule has 102 valence electrons. The zero-order valence-corrected chi connectivity index (χ0v) is 12.4. The van der Waals surface area contributed by atoms with Gasteiger partial charge in [-0.1, -0.05) is 30.7 Å². The van der Waals surface area contributed by atoms with E-state index in [4.69, 9.17) is 25.4 Å². The molecule has 0 fully saturated rings. The van der Waals surface area contributed by atoms with Crippen molar-refractivity contribution in [3.8, 4) is 0 Å². The van der Waals surface area contributed by atoms with Crippen molar-refractivity contribution >= 4 is 19.2 Å². The molecule has 0 aliphatic carbocycles.